The van der Waals surface area contributed by atoms with Crippen molar-refractivity contribution in [2.75, 3.05) is 26.2 Å². The molecule has 100 valence electrons. The second-order valence-corrected chi connectivity index (χ2v) is 7.12. The fraction of sp³-hybridized carbons (Fsp3) is 0.727. The first kappa shape index (κ1) is 12.1. The Labute approximate surface area is 107 Å². The Bertz CT molecular complexity index is 539. The number of fused-ring (bicyclic) bond motifs is 1. The third kappa shape index (κ3) is 1.96. The van der Waals surface area contributed by atoms with Gasteiger partial charge < -0.3 is 5.32 Å². The summed E-state index contributed by atoms with van der Waals surface area (Å²) in [6, 6.07) is 0. The van der Waals surface area contributed by atoms with Crippen molar-refractivity contribution in [3.63, 3.8) is 0 Å². The lowest BCUT2D eigenvalue weighted by molar-refractivity contribution is 0.228. The molecule has 3 rings (SSSR count). The minimum atomic E-state index is -3.36. The van der Waals surface area contributed by atoms with Crippen LogP contribution in [-0.2, 0) is 17.1 Å². The van der Waals surface area contributed by atoms with Crippen LogP contribution in [0.5, 0.6) is 0 Å². The maximum absolute atomic E-state index is 12.4. The Balaban J connectivity index is 1.82. The van der Waals surface area contributed by atoms with Gasteiger partial charge in [-0.2, -0.15) is 9.40 Å². The van der Waals surface area contributed by atoms with Crippen molar-refractivity contribution >= 4 is 10.0 Å². The zero-order valence-corrected chi connectivity index (χ0v) is 11.2. The molecule has 3 heterocycles. The van der Waals surface area contributed by atoms with E-state index in [9.17, 15) is 8.42 Å². The molecular weight excluding hydrogens is 252 g/mol. The third-order valence-corrected chi connectivity index (χ3v) is 5.80. The van der Waals surface area contributed by atoms with E-state index in [1.54, 1.807) is 17.5 Å². The summed E-state index contributed by atoms with van der Waals surface area (Å²) in [5.74, 6) is 1.11. The van der Waals surface area contributed by atoms with Gasteiger partial charge in [-0.1, -0.05) is 0 Å². The highest BCUT2D eigenvalue weighted by atomic mass is 32.2. The Morgan fingerprint density at radius 1 is 1.39 bits per heavy atom. The zero-order valence-electron chi connectivity index (χ0n) is 10.4. The molecule has 2 fully saturated rings. The van der Waals surface area contributed by atoms with Gasteiger partial charge in [-0.25, -0.2) is 8.42 Å². The van der Waals surface area contributed by atoms with Crippen LogP contribution in [0.1, 0.15) is 6.42 Å². The van der Waals surface area contributed by atoms with Gasteiger partial charge in [0.05, 0.1) is 6.20 Å². The van der Waals surface area contributed by atoms with E-state index in [0.717, 1.165) is 19.5 Å². The van der Waals surface area contributed by atoms with E-state index in [1.807, 2.05) is 0 Å². The lowest BCUT2D eigenvalue weighted by Gasteiger charge is -2.33. The predicted molar refractivity (Wildman–Crippen MR) is 66.4 cm³/mol. The molecule has 0 bridgehead atoms. The number of hydrogen-bond donors (Lipinski definition) is 1. The van der Waals surface area contributed by atoms with E-state index < -0.39 is 10.0 Å². The van der Waals surface area contributed by atoms with Gasteiger partial charge in [0.2, 0.25) is 10.0 Å². The summed E-state index contributed by atoms with van der Waals surface area (Å²) in [7, 11) is -1.63. The summed E-state index contributed by atoms with van der Waals surface area (Å²) in [4.78, 5) is 0.300. The van der Waals surface area contributed by atoms with Gasteiger partial charge in [0.1, 0.15) is 4.90 Å². The number of piperidine rings is 1. The van der Waals surface area contributed by atoms with Crippen LogP contribution in [0.4, 0.5) is 0 Å². The number of aromatic nitrogens is 2. The minimum absolute atomic E-state index is 0.300. The molecule has 0 amide bonds. The lowest BCUT2D eigenvalue weighted by atomic mass is 9.90. The van der Waals surface area contributed by atoms with Crippen LogP contribution in [0.25, 0.3) is 0 Å². The maximum Gasteiger partial charge on any atom is 0.246 e. The van der Waals surface area contributed by atoms with Crippen LogP contribution in [0, 0.1) is 11.8 Å². The molecule has 2 saturated heterocycles. The largest absolute Gasteiger partial charge is 0.316 e. The van der Waals surface area contributed by atoms with Crippen molar-refractivity contribution in [3.8, 4) is 0 Å². The smallest absolute Gasteiger partial charge is 0.246 e. The first-order valence-corrected chi connectivity index (χ1v) is 7.71. The molecule has 2 aliphatic rings. The van der Waals surface area contributed by atoms with Crippen LogP contribution in [0.3, 0.4) is 0 Å². The molecule has 0 aromatic carbocycles. The van der Waals surface area contributed by atoms with E-state index in [0.29, 0.717) is 29.8 Å². The summed E-state index contributed by atoms with van der Waals surface area (Å²) in [6.07, 6.45) is 3.94. The van der Waals surface area contributed by atoms with Gasteiger partial charge >= 0.3 is 0 Å². The van der Waals surface area contributed by atoms with Gasteiger partial charge in [0.25, 0.3) is 0 Å². The lowest BCUT2D eigenvalue weighted by Crippen LogP contribution is -2.43. The Kier molecular flexibility index (Phi) is 2.91. The normalized spacial score (nSPS) is 29.4. The molecule has 18 heavy (non-hydrogen) atoms. The quantitative estimate of drug-likeness (QED) is 0.797. The molecule has 6 nitrogen and oxygen atoms in total. The molecular formula is C11H18N4O2S. The van der Waals surface area contributed by atoms with Crippen molar-refractivity contribution in [1.82, 2.24) is 19.4 Å². The Morgan fingerprint density at radius 2 is 2.17 bits per heavy atom. The zero-order chi connectivity index (χ0) is 12.8. The highest BCUT2D eigenvalue weighted by molar-refractivity contribution is 7.89. The van der Waals surface area contributed by atoms with Gasteiger partial charge in [0, 0.05) is 26.3 Å². The van der Waals surface area contributed by atoms with E-state index in [4.69, 9.17) is 0 Å². The number of hydrogen-bond acceptors (Lipinski definition) is 4. The second kappa shape index (κ2) is 4.32. The monoisotopic (exact) mass is 270 g/mol. The maximum atomic E-state index is 12.4. The molecule has 2 aliphatic heterocycles. The molecule has 0 saturated carbocycles. The van der Waals surface area contributed by atoms with Crippen LogP contribution in [0.15, 0.2) is 17.3 Å². The minimum Gasteiger partial charge on any atom is -0.316 e. The summed E-state index contributed by atoms with van der Waals surface area (Å²) >= 11 is 0. The first-order valence-electron chi connectivity index (χ1n) is 6.27. The molecule has 2 atom stereocenters. The number of rotatable bonds is 2. The average molecular weight is 270 g/mol. The summed E-state index contributed by atoms with van der Waals surface area (Å²) in [5, 5.41) is 7.28. The van der Waals surface area contributed by atoms with Crippen molar-refractivity contribution in [2.24, 2.45) is 18.9 Å². The third-order valence-electron chi connectivity index (χ3n) is 3.99. The van der Waals surface area contributed by atoms with E-state index in [2.05, 4.69) is 10.4 Å². The topological polar surface area (TPSA) is 67.2 Å². The molecule has 0 spiro atoms. The van der Waals surface area contributed by atoms with Crippen molar-refractivity contribution < 1.29 is 8.42 Å². The number of sulfonamides is 1. The number of nitrogens with zero attached hydrogens (tertiary/aromatic N) is 3. The van der Waals surface area contributed by atoms with Gasteiger partial charge in [0.15, 0.2) is 0 Å². The van der Waals surface area contributed by atoms with Crippen LogP contribution >= 0.6 is 0 Å². The van der Waals surface area contributed by atoms with Gasteiger partial charge in [-0.15, -0.1) is 0 Å². The van der Waals surface area contributed by atoms with Crippen molar-refractivity contribution in [1.29, 1.82) is 0 Å². The SMILES string of the molecule is Cn1cc(S(=O)(=O)N2CCC3CNCC3C2)cn1. The second-order valence-electron chi connectivity index (χ2n) is 5.18. The molecule has 7 heteroatoms. The van der Waals surface area contributed by atoms with E-state index in [1.165, 1.54) is 10.9 Å². The summed E-state index contributed by atoms with van der Waals surface area (Å²) < 4.78 is 28.0. The first-order chi connectivity index (χ1) is 8.57. The molecule has 2 unspecified atom stereocenters. The number of nitrogens with one attached hydrogen (secondary N) is 1. The molecule has 1 aromatic rings. The fourth-order valence-electron chi connectivity index (χ4n) is 2.90. The standard InChI is InChI=1S/C11H18N4O2S/c1-14-8-11(6-13-14)18(16,17)15-3-2-9-4-12-5-10(9)7-15/h6,8-10,12H,2-5,7H2,1H3. The van der Waals surface area contributed by atoms with Crippen molar-refractivity contribution in [3.05, 3.63) is 12.4 Å². The summed E-state index contributed by atoms with van der Waals surface area (Å²) in [6.45, 7) is 3.23. The van der Waals surface area contributed by atoms with Crippen LogP contribution in [-0.4, -0.2) is 48.7 Å². The van der Waals surface area contributed by atoms with E-state index >= 15 is 0 Å². The molecule has 1 N–H and O–H groups in total. The van der Waals surface area contributed by atoms with E-state index in [-0.39, 0.29) is 0 Å². The Morgan fingerprint density at radius 3 is 2.89 bits per heavy atom. The van der Waals surface area contributed by atoms with Crippen LogP contribution in [0.2, 0.25) is 0 Å². The Hall–Kier alpha value is -0.920. The van der Waals surface area contributed by atoms with Gasteiger partial charge in [-0.05, 0) is 31.3 Å². The van der Waals surface area contributed by atoms with Crippen molar-refractivity contribution in [2.45, 2.75) is 11.3 Å². The van der Waals surface area contributed by atoms with Crippen LogP contribution < -0.4 is 5.32 Å². The van der Waals surface area contributed by atoms with Gasteiger partial charge in [-0.3, -0.25) is 4.68 Å². The predicted octanol–water partition coefficient (Wildman–Crippen LogP) is -0.350. The highest BCUT2D eigenvalue weighted by Crippen LogP contribution is 2.29. The fourth-order valence-corrected chi connectivity index (χ4v) is 4.40. The molecule has 0 radical (unpaired) electrons. The molecule has 1 aromatic heterocycles. The number of aryl methyl sites for hydroxylation is 1. The average Bonchev–Trinajstić information content (AvgIpc) is 2.96. The highest BCUT2D eigenvalue weighted by Gasteiger charge is 2.38. The molecule has 0 aliphatic carbocycles. The summed E-state index contributed by atoms with van der Waals surface area (Å²) in [5.41, 5.74) is 0.